The summed E-state index contributed by atoms with van der Waals surface area (Å²) in [5, 5.41) is 20.9. The summed E-state index contributed by atoms with van der Waals surface area (Å²) in [6.07, 6.45) is 0. The quantitative estimate of drug-likeness (QED) is 0.268. The summed E-state index contributed by atoms with van der Waals surface area (Å²) < 4.78 is 2.20. The highest BCUT2D eigenvalue weighted by Crippen LogP contribution is 2.38. The van der Waals surface area contributed by atoms with Crippen LogP contribution in [0, 0.1) is 22.7 Å². The second kappa shape index (κ2) is 8.80. The van der Waals surface area contributed by atoms with Gasteiger partial charge in [-0.05, 0) is 78.9 Å². The molecule has 6 rings (SSSR count). The lowest BCUT2D eigenvalue weighted by Gasteiger charge is -2.26. The molecule has 4 nitrogen and oxygen atoms in total. The zero-order valence-corrected chi connectivity index (χ0v) is 19.3. The highest BCUT2D eigenvalue weighted by molar-refractivity contribution is 6.10. The third kappa shape index (κ3) is 3.55. The van der Waals surface area contributed by atoms with E-state index in [0.717, 1.165) is 44.6 Å². The van der Waals surface area contributed by atoms with Crippen LogP contribution in [0.4, 0.5) is 17.1 Å². The summed E-state index contributed by atoms with van der Waals surface area (Å²) in [5.41, 5.74) is 7.33. The number of hydrogen-bond donors (Lipinski definition) is 0. The lowest BCUT2D eigenvalue weighted by molar-refractivity contribution is 1.17. The van der Waals surface area contributed by atoms with Crippen molar-refractivity contribution in [3.8, 4) is 17.8 Å². The van der Waals surface area contributed by atoms with E-state index in [9.17, 15) is 10.5 Å². The van der Waals surface area contributed by atoms with Gasteiger partial charge in [0, 0.05) is 33.5 Å². The Morgan fingerprint density at radius 1 is 0.500 bits per heavy atom. The van der Waals surface area contributed by atoms with Crippen LogP contribution < -0.4 is 4.90 Å². The molecular formula is C32H20N4. The van der Waals surface area contributed by atoms with Gasteiger partial charge in [-0.15, -0.1) is 0 Å². The smallest absolute Gasteiger partial charge is 0.0991 e. The maximum atomic E-state index is 9.49. The minimum atomic E-state index is 0.594. The fraction of sp³-hybridized carbons (Fsp3) is 0. The van der Waals surface area contributed by atoms with Crippen LogP contribution in [-0.2, 0) is 0 Å². The van der Waals surface area contributed by atoms with Crippen molar-refractivity contribution in [2.75, 3.05) is 4.90 Å². The summed E-state index contributed by atoms with van der Waals surface area (Å²) in [6.45, 7) is 0. The number of benzene rings is 5. The Kier molecular flexibility index (Phi) is 5.19. The number of para-hydroxylation sites is 2. The second-order valence-corrected chi connectivity index (χ2v) is 8.55. The number of rotatable bonds is 4. The number of nitriles is 2. The average Bonchev–Trinajstić information content (AvgIpc) is 3.27. The summed E-state index contributed by atoms with van der Waals surface area (Å²) >= 11 is 0. The van der Waals surface area contributed by atoms with Crippen LogP contribution in [0.3, 0.4) is 0 Å². The van der Waals surface area contributed by atoms with Crippen molar-refractivity contribution in [2.24, 2.45) is 0 Å². The second-order valence-electron chi connectivity index (χ2n) is 8.55. The molecule has 0 saturated carbocycles. The van der Waals surface area contributed by atoms with Gasteiger partial charge in [0.1, 0.15) is 0 Å². The Morgan fingerprint density at radius 2 is 1.00 bits per heavy atom. The molecule has 0 fully saturated rings. The molecule has 0 aliphatic rings. The molecule has 0 bridgehead atoms. The zero-order chi connectivity index (χ0) is 24.5. The van der Waals surface area contributed by atoms with E-state index in [0.29, 0.717) is 11.1 Å². The van der Waals surface area contributed by atoms with Crippen LogP contribution in [0.2, 0.25) is 0 Å². The molecule has 168 valence electrons. The number of anilines is 3. The molecule has 0 spiro atoms. The Bertz CT molecular complexity index is 1690. The number of fused-ring (bicyclic) bond motifs is 3. The van der Waals surface area contributed by atoms with E-state index < -0.39 is 0 Å². The van der Waals surface area contributed by atoms with Crippen LogP contribution in [0.1, 0.15) is 11.1 Å². The van der Waals surface area contributed by atoms with Crippen LogP contribution in [0.15, 0.2) is 121 Å². The molecule has 1 aromatic heterocycles. The molecule has 36 heavy (non-hydrogen) atoms. The van der Waals surface area contributed by atoms with E-state index in [4.69, 9.17) is 0 Å². The van der Waals surface area contributed by atoms with Gasteiger partial charge in [0.05, 0.1) is 34.3 Å². The van der Waals surface area contributed by atoms with E-state index in [1.807, 2.05) is 72.8 Å². The molecule has 0 saturated heterocycles. The van der Waals surface area contributed by atoms with Crippen LogP contribution in [-0.4, -0.2) is 4.57 Å². The first-order valence-corrected chi connectivity index (χ1v) is 11.7. The van der Waals surface area contributed by atoms with Gasteiger partial charge in [-0.2, -0.15) is 10.5 Å². The first-order chi connectivity index (χ1) is 17.8. The van der Waals surface area contributed by atoms with Gasteiger partial charge in [0.25, 0.3) is 0 Å². The highest BCUT2D eigenvalue weighted by atomic mass is 15.1. The van der Waals surface area contributed by atoms with E-state index in [2.05, 4.69) is 70.1 Å². The number of nitrogens with zero attached hydrogens (tertiary/aromatic N) is 4. The maximum Gasteiger partial charge on any atom is 0.0991 e. The van der Waals surface area contributed by atoms with Gasteiger partial charge < -0.3 is 9.47 Å². The molecule has 5 aromatic carbocycles. The van der Waals surface area contributed by atoms with Gasteiger partial charge in [0.15, 0.2) is 0 Å². The lowest BCUT2D eigenvalue weighted by Crippen LogP contribution is -2.10. The van der Waals surface area contributed by atoms with E-state index in [1.54, 1.807) is 0 Å². The highest BCUT2D eigenvalue weighted by Gasteiger charge is 2.16. The molecular weight excluding hydrogens is 440 g/mol. The first kappa shape index (κ1) is 21.2. The predicted octanol–water partition coefficient (Wildman–Crippen LogP) is 8.00. The third-order valence-corrected chi connectivity index (χ3v) is 6.40. The fourth-order valence-electron chi connectivity index (χ4n) is 4.81. The fourth-order valence-corrected chi connectivity index (χ4v) is 4.81. The van der Waals surface area contributed by atoms with Crippen LogP contribution in [0.25, 0.3) is 27.5 Å². The summed E-state index contributed by atoms with van der Waals surface area (Å²) in [7, 11) is 0. The molecule has 0 N–H and O–H groups in total. The monoisotopic (exact) mass is 460 g/mol. The Morgan fingerprint density at radius 3 is 1.50 bits per heavy atom. The summed E-state index contributed by atoms with van der Waals surface area (Å²) in [6, 6.07) is 45.0. The normalized spacial score (nSPS) is 10.7. The lowest BCUT2D eigenvalue weighted by atomic mass is 10.1. The van der Waals surface area contributed by atoms with Gasteiger partial charge in [0.2, 0.25) is 0 Å². The number of hydrogen-bond acceptors (Lipinski definition) is 3. The van der Waals surface area contributed by atoms with E-state index >= 15 is 0 Å². The standard InChI is InChI=1S/C32H20N4/c33-21-23-14-16-31-29(18-23)30-19-24(22-34)15-17-32(30)36(31)28-13-7-12-27(20-28)35(25-8-3-1-4-9-25)26-10-5-2-6-11-26/h1-20H. The number of aromatic nitrogens is 1. The van der Waals surface area contributed by atoms with Crippen molar-refractivity contribution >= 4 is 38.9 Å². The van der Waals surface area contributed by atoms with Crippen molar-refractivity contribution in [2.45, 2.75) is 0 Å². The molecule has 0 aliphatic carbocycles. The van der Waals surface area contributed by atoms with Crippen LogP contribution in [0.5, 0.6) is 0 Å². The Balaban J connectivity index is 1.60. The SMILES string of the molecule is N#Cc1ccc2c(c1)c1cc(C#N)ccc1n2-c1cccc(N(c2ccccc2)c2ccccc2)c1. The van der Waals surface area contributed by atoms with Gasteiger partial charge >= 0.3 is 0 Å². The average molecular weight is 461 g/mol. The van der Waals surface area contributed by atoms with Crippen LogP contribution >= 0.6 is 0 Å². The minimum Gasteiger partial charge on any atom is -0.310 e. The van der Waals surface area contributed by atoms with Crippen molar-refractivity contribution in [3.63, 3.8) is 0 Å². The Hall–Kier alpha value is -5.32. The molecule has 0 amide bonds. The largest absolute Gasteiger partial charge is 0.310 e. The predicted molar refractivity (Wildman–Crippen MR) is 145 cm³/mol. The molecule has 0 unspecified atom stereocenters. The molecule has 1 heterocycles. The van der Waals surface area contributed by atoms with Crippen molar-refractivity contribution in [1.29, 1.82) is 10.5 Å². The topological polar surface area (TPSA) is 55.8 Å². The van der Waals surface area contributed by atoms with Crippen molar-refractivity contribution in [1.82, 2.24) is 4.57 Å². The van der Waals surface area contributed by atoms with E-state index in [1.165, 1.54) is 0 Å². The Labute approximate surface area is 209 Å². The molecule has 4 heteroatoms. The van der Waals surface area contributed by atoms with Crippen molar-refractivity contribution in [3.05, 3.63) is 132 Å². The first-order valence-electron chi connectivity index (χ1n) is 11.7. The maximum absolute atomic E-state index is 9.49. The minimum absolute atomic E-state index is 0.594. The zero-order valence-electron chi connectivity index (χ0n) is 19.3. The third-order valence-electron chi connectivity index (χ3n) is 6.40. The van der Waals surface area contributed by atoms with E-state index in [-0.39, 0.29) is 0 Å². The molecule has 0 radical (unpaired) electrons. The summed E-state index contributed by atoms with van der Waals surface area (Å²) in [5.74, 6) is 0. The van der Waals surface area contributed by atoms with Gasteiger partial charge in [-0.25, -0.2) is 0 Å². The summed E-state index contributed by atoms with van der Waals surface area (Å²) in [4.78, 5) is 2.24. The molecule has 6 aromatic rings. The van der Waals surface area contributed by atoms with Crippen molar-refractivity contribution < 1.29 is 0 Å². The molecule has 0 aliphatic heterocycles. The van der Waals surface area contributed by atoms with Gasteiger partial charge in [-0.1, -0.05) is 42.5 Å². The molecule has 0 atom stereocenters. The van der Waals surface area contributed by atoms with Gasteiger partial charge in [-0.3, -0.25) is 0 Å².